The van der Waals surface area contributed by atoms with E-state index in [0.29, 0.717) is 18.7 Å². The van der Waals surface area contributed by atoms with Crippen LogP contribution in [0.3, 0.4) is 0 Å². The minimum absolute atomic E-state index is 0.201. The molecular formula is C16H26N4O2. The van der Waals surface area contributed by atoms with E-state index in [4.69, 9.17) is 0 Å². The van der Waals surface area contributed by atoms with Gasteiger partial charge >= 0.3 is 6.03 Å². The van der Waals surface area contributed by atoms with Crippen LogP contribution in [0.1, 0.15) is 33.1 Å². The van der Waals surface area contributed by atoms with Crippen LogP contribution in [-0.4, -0.2) is 41.9 Å². The fourth-order valence-electron chi connectivity index (χ4n) is 2.44. The van der Waals surface area contributed by atoms with Crippen LogP contribution >= 0.6 is 0 Å². The molecule has 1 aromatic rings. The van der Waals surface area contributed by atoms with Gasteiger partial charge in [0.1, 0.15) is 5.82 Å². The second-order valence-corrected chi connectivity index (χ2v) is 6.08. The fourth-order valence-corrected chi connectivity index (χ4v) is 2.44. The predicted molar refractivity (Wildman–Crippen MR) is 88.2 cm³/mol. The molecule has 1 atom stereocenters. The number of aliphatic hydroxyl groups is 1. The van der Waals surface area contributed by atoms with E-state index in [-0.39, 0.29) is 18.1 Å². The first-order valence-electron chi connectivity index (χ1n) is 8.00. The largest absolute Gasteiger partial charge is 0.393 e. The van der Waals surface area contributed by atoms with Gasteiger partial charge in [0.25, 0.3) is 0 Å². The second kappa shape index (κ2) is 7.98. The molecule has 1 fully saturated rings. The van der Waals surface area contributed by atoms with Gasteiger partial charge in [0.15, 0.2) is 0 Å². The molecule has 3 N–H and O–H groups in total. The molecule has 6 nitrogen and oxygen atoms in total. The Balaban J connectivity index is 1.74. The molecule has 6 heteroatoms. The van der Waals surface area contributed by atoms with Gasteiger partial charge in [-0.2, -0.15) is 0 Å². The first kappa shape index (κ1) is 16.5. The highest BCUT2D eigenvalue weighted by atomic mass is 16.3. The summed E-state index contributed by atoms with van der Waals surface area (Å²) in [7, 11) is 0. The van der Waals surface area contributed by atoms with Crippen molar-refractivity contribution in [3.8, 4) is 0 Å². The summed E-state index contributed by atoms with van der Waals surface area (Å²) in [5.74, 6) is 1.16. The molecule has 0 aliphatic carbocycles. The van der Waals surface area contributed by atoms with E-state index in [0.717, 1.165) is 18.9 Å². The molecule has 2 heterocycles. The quantitative estimate of drug-likeness (QED) is 0.753. The predicted octanol–water partition coefficient (Wildman–Crippen LogP) is 2.21. The third-order valence-corrected chi connectivity index (χ3v) is 3.93. The molecule has 1 aromatic heterocycles. The second-order valence-electron chi connectivity index (χ2n) is 6.08. The van der Waals surface area contributed by atoms with Crippen molar-refractivity contribution in [2.45, 2.75) is 39.2 Å². The minimum atomic E-state index is -0.387. The smallest absolute Gasteiger partial charge is 0.319 e. The number of urea groups is 1. The Labute approximate surface area is 131 Å². The van der Waals surface area contributed by atoms with Crippen LogP contribution in [0.15, 0.2) is 18.3 Å². The van der Waals surface area contributed by atoms with E-state index in [9.17, 15) is 9.90 Å². The van der Waals surface area contributed by atoms with Gasteiger partial charge in [-0.15, -0.1) is 0 Å². The van der Waals surface area contributed by atoms with Gasteiger partial charge in [0.2, 0.25) is 0 Å². The average molecular weight is 306 g/mol. The summed E-state index contributed by atoms with van der Waals surface area (Å²) < 4.78 is 0. The van der Waals surface area contributed by atoms with Crippen molar-refractivity contribution in [3.05, 3.63) is 18.3 Å². The molecule has 1 aliphatic heterocycles. The molecule has 0 saturated carbocycles. The van der Waals surface area contributed by atoms with Crippen LogP contribution in [0.4, 0.5) is 16.3 Å². The zero-order valence-electron chi connectivity index (χ0n) is 13.4. The Morgan fingerprint density at radius 2 is 2.09 bits per heavy atom. The van der Waals surface area contributed by atoms with Crippen molar-refractivity contribution in [2.75, 3.05) is 29.9 Å². The summed E-state index contributed by atoms with van der Waals surface area (Å²) in [6.45, 7) is 6.47. The van der Waals surface area contributed by atoms with Crippen LogP contribution in [0.5, 0.6) is 0 Å². The number of nitrogens with one attached hydrogen (secondary N) is 2. The lowest BCUT2D eigenvalue weighted by Gasteiger charge is -2.16. The molecule has 1 saturated heterocycles. The van der Waals surface area contributed by atoms with Gasteiger partial charge in [-0.3, -0.25) is 0 Å². The number of rotatable bonds is 6. The minimum Gasteiger partial charge on any atom is -0.393 e. The molecule has 1 aliphatic rings. The Kier molecular flexibility index (Phi) is 6.00. The van der Waals surface area contributed by atoms with Crippen LogP contribution < -0.4 is 15.5 Å². The number of hydrogen-bond donors (Lipinski definition) is 3. The van der Waals surface area contributed by atoms with Gasteiger partial charge < -0.3 is 20.6 Å². The van der Waals surface area contributed by atoms with E-state index < -0.39 is 0 Å². The van der Waals surface area contributed by atoms with Crippen molar-refractivity contribution in [2.24, 2.45) is 5.92 Å². The third-order valence-electron chi connectivity index (χ3n) is 3.93. The van der Waals surface area contributed by atoms with Gasteiger partial charge in [-0.25, -0.2) is 9.78 Å². The summed E-state index contributed by atoms with van der Waals surface area (Å²) in [5.41, 5.74) is 0.671. The molecule has 0 spiro atoms. The maximum absolute atomic E-state index is 11.8. The van der Waals surface area contributed by atoms with E-state index in [1.807, 2.05) is 26.0 Å². The number of aromatic nitrogens is 1. The number of carbonyl (C=O) groups excluding carboxylic acids is 1. The number of pyridine rings is 1. The van der Waals surface area contributed by atoms with Gasteiger partial charge in [-0.05, 0) is 37.3 Å². The summed E-state index contributed by atoms with van der Waals surface area (Å²) in [4.78, 5) is 18.4. The van der Waals surface area contributed by atoms with Gasteiger partial charge in [0.05, 0.1) is 18.0 Å². The topological polar surface area (TPSA) is 77.5 Å². The summed E-state index contributed by atoms with van der Waals surface area (Å²) in [6.07, 6.45) is 4.27. The van der Waals surface area contributed by atoms with Crippen molar-refractivity contribution < 1.29 is 9.90 Å². The number of hydrogen-bond acceptors (Lipinski definition) is 4. The number of anilines is 2. The number of carbonyl (C=O) groups is 1. The number of amides is 2. The molecule has 22 heavy (non-hydrogen) atoms. The highest BCUT2D eigenvalue weighted by molar-refractivity contribution is 5.89. The molecule has 0 radical (unpaired) electrons. The molecule has 2 rings (SSSR count). The lowest BCUT2D eigenvalue weighted by atomic mass is 10.0. The Bertz CT molecular complexity index is 470. The van der Waals surface area contributed by atoms with E-state index >= 15 is 0 Å². The highest BCUT2D eigenvalue weighted by Gasteiger charge is 2.13. The van der Waals surface area contributed by atoms with E-state index in [1.165, 1.54) is 12.8 Å². The Hall–Kier alpha value is -1.82. The van der Waals surface area contributed by atoms with Crippen LogP contribution in [0.25, 0.3) is 0 Å². The molecule has 0 aromatic carbocycles. The summed E-state index contributed by atoms with van der Waals surface area (Å²) in [6, 6.07) is 3.53. The lowest BCUT2D eigenvalue weighted by molar-refractivity contribution is 0.117. The van der Waals surface area contributed by atoms with Gasteiger partial charge in [0, 0.05) is 19.6 Å². The van der Waals surface area contributed by atoms with E-state index in [1.54, 1.807) is 6.20 Å². The van der Waals surface area contributed by atoms with E-state index in [2.05, 4.69) is 20.5 Å². The Morgan fingerprint density at radius 1 is 1.36 bits per heavy atom. The maximum Gasteiger partial charge on any atom is 0.319 e. The molecule has 2 amide bonds. The monoisotopic (exact) mass is 306 g/mol. The van der Waals surface area contributed by atoms with Crippen LogP contribution in [0.2, 0.25) is 0 Å². The molecule has 1 unspecified atom stereocenters. The SMILES string of the molecule is CC(C)C(O)CCNC(=O)Nc1ccc(N2CCCC2)nc1. The van der Waals surface area contributed by atoms with Crippen molar-refractivity contribution >= 4 is 17.5 Å². The first-order chi connectivity index (χ1) is 10.6. The van der Waals surface area contributed by atoms with Crippen LogP contribution in [0, 0.1) is 5.92 Å². The fraction of sp³-hybridized carbons (Fsp3) is 0.625. The standard InChI is InChI=1S/C16H26N4O2/c1-12(2)14(21)7-8-17-16(22)19-13-5-6-15(18-11-13)20-9-3-4-10-20/h5-6,11-12,14,21H,3-4,7-10H2,1-2H3,(H2,17,19,22). The van der Waals surface area contributed by atoms with Crippen molar-refractivity contribution in [3.63, 3.8) is 0 Å². The maximum atomic E-state index is 11.8. The van der Waals surface area contributed by atoms with Crippen molar-refractivity contribution in [1.82, 2.24) is 10.3 Å². The Morgan fingerprint density at radius 3 is 2.68 bits per heavy atom. The molecular weight excluding hydrogens is 280 g/mol. The third kappa shape index (κ3) is 4.87. The normalized spacial score (nSPS) is 15.9. The zero-order valence-corrected chi connectivity index (χ0v) is 13.4. The zero-order chi connectivity index (χ0) is 15.9. The lowest BCUT2D eigenvalue weighted by Crippen LogP contribution is -2.32. The molecule has 122 valence electrons. The average Bonchev–Trinajstić information content (AvgIpc) is 3.02. The van der Waals surface area contributed by atoms with Crippen LogP contribution in [-0.2, 0) is 0 Å². The molecule has 0 bridgehead atoms. The first-order valence-corrected chi connectivity index (χ1v) is 8.00. The summed E-state index contributed by atoms with van der Waals surface area (Å²) >= 11 is 0. The highest BCUT2D eigenvalue weighted by Crippen LogP contribution is 2.18. The number of aliphatic hydroxyl groups excluding tert-OH is 1. The van der Waals surface area contributed by atoms with Gasteiger partial charge in [-0.1, -0.05) is 13.8 Å². The summed E-state index contributed by atoms with van der Waals surface area (Å²) in [5, 5.41) is 15.2. The van der Waals surface area contributed by atoms with Crippen molar-refractivity contribution in [1.29, 1.82) is 0 Å². The number of nitrogens with zero attached hydrogens (tertiary/aromatic N) is 2.